The third-order valence-corrected chi connectivity index (χ3v) is 6.61. The molecule has 4 aromatic rings. The number of carboxylic acid groups (broad SMARTS) is 1. The number of carbonyl (C=O) groups is 3. The fourth-order valence-electron chi connectivity index (χ4n) is 4.43. The predicted octanol–water partition coefficient (Wildman–Crippen LogP) is 4.84. The maximum Gasteiger partial charge on any atom is 0.326 e. The van der Waals surface area contributed by atoms with Crippen molar-refractivity contribution >= 4 is 17.8 Å². The zero-order valence-corrected chi connectivity index (χ0v) is 23.7. The van der Waals surface area contributed by atoms with E-state index in [1.54, 1.807) is 24.3 Å². The van der Waals surface area contributed by atoms with E-state index in [0.29, 0.717) is 23.7 Å². The summed E-state index contributed by atoms with van der Waals surface area (Å²) in [6.07, 6.45) is -0.219. The van der Waals surface area contributed by atoms with Gasteiger partial charge in [-0.25, -0.2) is 9.18 Å². The van der Waals surface area contributed by atoms with Gasteiger partial charge in [0.1, 0.15) is 31.1 Å². The van der Waals surface area contributed by atoms with Crippen molar-refractivity contribution in [1.29, 1.82) is 0 Å². The molecule has 0 aliphatic rings. The fourth-order valence-corrected chi connectivity index (χ4v) is 4.43. The third-order valence-electron chi connectivity index (χ3n) is 6.61. The van der Waals surface area contributed by atoms with Gasteiger partial charge in [-0.2, -0.15) is 0 Å². The molecule has 8 nitrogen and oxygen atoms in total. The van der Waals surface area contributed by atoms with E-state index in [0.717, 1.165) is 11.1 Å². The highest BCUT2D eigenvalue weighted by atomic mass is 19.1. The fraction of sp³-hybridized carbons (Fsp3) is 0.206. The summed E-state index contributed by atoms with van der Waals surface area (Å²) in [5, 5.41) is 14.9. The van der Waals surface area contributed by atoms with Crippen LogP contribution >= 0.6 is 0 Å². The largest absolute Gasteiger partial charge is 0.485 e. The molecular formula is C34H33FN2O6. The Labute approximate surface area is 249 Å². The van der Waals surface area contributed by atoms with E-state index in [1.165, 1.54) is 25.1 Å². The molecule has 0 aliphatic heterocycles. The van der Waals surface area contributed by atoms with E-state index in [2.05, 4.69) is 10.6 Å². The molecule has 2 amide bonds. The second kappa shape index (κ2) is 15.2. The molecule has 4 rings (SSSR count). The first-order valence-electron chi connectivity index (χ1n) is 13.8. The molecule has 4 aromatic carbocycles. The Morgan fingerprint density at radius 2 is 1.28 bits per heavy atom. The van der Waals surface area contributed by atoms with Crippen LogP contribution in [0.1, 0.15) is 29.2 Å². The summed E-state index contributed by atoms with van der Waals surface area (Å²) in [7, 11) is 0. The lowest BCUT2D eigenvalue weighted by Crippen LogP contribution is -2.52. The topological polar surface area (TPSA) is 114 Å². The van der Waals surface area contributed by atoms with Crippen molar-refractivity contribution < 1.29 is 33.4 Å². The van der Waals surface area contributed by atoms with E-state index < -0.39 is 35.7 Å². The van der Waals surface area contributed by atoms with E-state index >= 15 is 0 Å². The van der Waals surface area contributed by atoms with Crippen LogP contribution in [0.4, 0.5) is 4.39 Å². The van der Waals surface area contributed by atoms with Crippen LogP contribution in [0.15, 0.2) is 103 Å². The number of nitrogens with one attached hydrogen (secondary N) is 2. The highest BCUT2D eigenvalue weighted by Crippen LogP contribution is 2.30. The number of rotatable bonds is 14. The van der Waals surface area contributed by atoms with Gasteiger partial charge < -0.3 is 25.2 Å². The quantitative estimate of drug-likeness (QED) is 0.195. The lowest BCUT2D eigenvalue weighted by Gasteiger charge is -2.22. The first-order valence-corrected chi connectivity index (χ1v) is 13.8. The van der Waals surface area contributed by atoms with Crippen LogP contribution in [-0.2, 0) is 40.4 Å². The molecule has 0 unspecified atom stereocenters. The molecule has 0 aliphatic carbocycles. The molecule has 0 heterocycles. The van der Waals surface area contributed by atoms with Crippen LogP contribution in [0.3, 0.4) is 0 Å². The highest BCUT2D eigenvalue weighted by molar-refractivity contribution is 5.90. The van der Waals surface area contributed by atoms with Crippen LogP contribution in [0, 0.1) is 5.82 Å². The maximum absolute atomic E-state index is 14.3. The van der Waals surface area contributed by atoms with Crippen LogP contribution in [-0.4, -0.2) is 35.0 Å². The molecule has 3 N–H and O–H groups in total. The number of halogens is 1. The van der Waals surface area contributed by atoms with Crippen molar-refractivity contribution in [3.8, 4) is 11.5 Å². The lowest BCUT2D eigenvalue weighted by atomic mass is 10.0. The van der Waals surface area contributed by atoms with Crippen molar-refractivity contribution in [2.75, 3.05) is 0 Å². The standard InChI is InChI=1S/C34H33FN2O6/c1-23(38)36-29(20-27-14-8-9-15-28(27)35)33(39)37-30(34(40)41)18-26-16-17-31(42-21-24-10-4-2-5-11-24)32(19-26)43-22-25-12-6-3-7-13-25/h2-17,19,29-30H,18,20-22H2,1H3,(H,36,38)(H,37,39)(H,40,41)/t29-,30+/m1/s1. The van der Waals surface area contributed by atoms with E-state index in [-0.39, 0.29) is 25.0 Å². The number of amides is 2. The zero-order valence-electron chi connectivity index (χ0n) is 23.7. The Bertz CT molecular complexity index is 1530. The number of hydrogen-bond acceptors (Lipinski definition) is 5. The molecule has 222 valence electrons. The molecule has 2 atom stereocenters. The van der Waals surface area contributed by atoms with Crippen LogP contribution in [0.5, 0.6) is 11.5 Å². The second-order valence-electron chi connectivity index (χ2n) is 9.98. The van der Waals surface area contributed by atoms with Gasteiger partial charge >= 0.3 is 5.97 Å². The molecule has 43 heavy (non-hydrogen) atoms. The van der Waals surface area contributed by atoms with Crippen molar-refractivity contribution in [2.24, 2.45) is 0 Å². The Morgan fingerprint density at radius 1 is 0.698 bits per heavy atom. The van der Waals surface area contributed by atoms with Crippen LogP contribution < -0.4 is 20.1 Å². The zero-order chi connectivity index (χ0) is 30.6. The summed E-state index contributed by atoms with van der Waals surface area (Å²) in [5.74, 6) is -2.14. The molecule has 0 bridgehead atoms. The van der Waals surface area contributed by atoms with E-state index in [9.17, 15) is 23.9 Å². The van der Waals surface area contributed by atoms with Crippen molar-refractivity contribution in [2.45, 2.75) is 45.1 Å². The first-order chi connectivity index (χ1) is 20.8. The monoisotopic (exact) mass is 584 g/mol. The Hall–Kier alpha value is -5.18. The normalized spacial score (nSPS) is 12.0. The molecule has 0 fully saturated rings. The Kier molecular flexibility index (Phi) is 10.9. The molecule has 0 aromatic heterocycles. The predicted molar refractivity (Wildman–Crippen MR) is 159 cm³/mol. The van der Waals surface area contributed by atoms with Gasteiger partial charge in [-0.05, 0) is 40.5 Å². The van der Waals surface area contributed by atoms with Gasteiger partial charge in [0.05, 0.1) is 0 Å². The van der Waals surface area contributed by atoms with Crippen molar-refractivity contribution in [1.82, 2.24) is 10.6 Å². The lowest BCUT2D eigenvalue weighted by molar-refractivity contribution is -0.142. The first kappa shape index (κ1) is 30.8. The number of hydrogen-bond donors (Lipinski definition) is 3. The van der Waals surface area contributed by atoms with Gasteiger partial charge in [-0.15, -0.1) is 0 Å². The average molecular weight is 585 g/mol. The minimum Gasteiger partial charge on any atom is -0.485 e. The van der Waals surface area contributed by atoms with E-state index in [1.807, 2.05) is 60.7 Å². The summed E-state index contributed by atoms with van der Waals surface area (Å²) in [4.78, 5) is 37.1. The number of ether oxygens (including phenoxy) is 2. The van der Waals surface area contributed by atoms with Crippen LogP contribution in [0.25, 0.3) is 0 Å². The van der Waals surface area contributed by atoms with Crippen molar-refractivity contribution in [3.05, 3.63) is 131 Å². The average Bonchev–Trinajstić information content (AvgIpc) is 3.00. The second-order valence-corrected chi connectivity index (χ2v) is 9.98. The highest BCUT2D eigenvalue weighted by Gasteiger charge is 2.27. The smallest absolute Gasteiger partial charge is 0.326 e. The molecule has 0 radical (unpaired) electrons. The molecule has 9 heteroatoms. The number of benzene rings is 4. The summed E-state index contributed by atoms with van der Waals surface area (Å²) in [6, 6.07) is 27.7. The number of aliphatic carboxylic acids is 1. The van der Waals surface area contributed by atoms with Gasteiger partial charge in [-0.3, -0.25) is 9.59 Å². The minimum atomic E-state index is -1.33. The molecule has 0 saturated heterocycles. The Balaban J connectivity index is 1.51. The summed E-state index contributed by atoms with van der Waals surface area (Å²) in [6.45, 7) is 1.80. The van der Waals surface area contributed by atoms with Gasteiger partial charge in [0.2, 0.25) is 11.8 Å². The minimum absolute atomic E-state index is 0.0752. The number of carboxylic acids is 1. The number of carbonyl (C=O) groups excluding carboxylic acids is 2. The SMILES string of the molecule is CC(=O)N[C@H](Cc1ccccc1F)C(=O)N[C@@H](Cc1ccc(OCc2ccccc2)c(OCc2ccccc2)c1)C(=O)O. The van der Waals surface area contributed by atoms with Gasteiger partial charge in [0, 0.05) is 19.8 Å². The van der Waals surface area contributed by atoms with Gasteiger partial charge in [0.25, 0.3) is 0 Å². The summed E-state index contributed by atoms with van der Waals surface area (Å²) >= 11 is 0. The molecule has 0 saturated carbocycles. The van der Waals surface area contributed by atoms with Gasteiger partial charge in [-0.1, -0.05) is 84.9 Å². The van der Waals surface area contributed by atoms with E-state index in [4.69, 9.17) is 9.47 Å². The third kappa shape index (κ3) is 9.43. The Morgan fingerprint density at radius 3 is 1.86 bits per heavy atom. The van der Waals surface area contributed by atoms with Gasteiger partial charge in [0.15, 0.2) is 11.5 Å². The maximum atomic E-state index is 14.3. The molecular weight excluding hydrogens is 551 g/mol. The van der Waals surface area contributed by atoms with Crippen molar-refractivity contribution in [3.63, 3.8) is 0 Å². The summed E-state index contributed by atoms with van der Waals surface area (Å²) in [5.41, 5.74) is 2.71. The molecule has 0 spiro atoms. The summed E-state index contributed by atoms with van der Waals surface area (Å²) < 4.78 is 26.4. The van der Waals surface area contributed by atoms with Crippen LogP contribution in [0.2, 0.25) is 0 Å².